The molecule has 2 aromatic rings. The van der Waals surface area contributed by atoms with Gasteiger partial charge >= 0.3 is 6.03 Å². The van der Waals surface area contributed by atoms with Crippen molar-refractivity contribution in [3.05, 3.63) is 36.3 Å². The molecule has 0 bridgehead atoms. The SMILES string of the molecule is CCc1ccc(C(COC)NC(=O)N2CCC(n3cncn3)CC2)o1. The number of carbonyl (C=O) groups is 1. The lowest BCUT2D eigenvalue weighted by Crippen LogP contribution is -2.46. The zero-order valence-corrected chi connectivity index (χ0v) is 14.7. The largest absolute Gasteiger partial charge is 0.464 e. The van der Waals surface area contributed by atoms with E-state index in [1.54, 1.807) is 19.8 Å². The second-order valence-corrected chi connectivity index (χ2v) is 6.21. The Morgan fingerprint density at radius 3 is 2.84 bits per heavy atom. The lowest BCUT2D eigenvalue weighted by molar-refractivity contribution is 0.137. The molecule has 1 atom stereocenters. The molecule has 3 heterocycles. The number of nitrogens with one attached hydrogen (secondary N) is 1. The van der Waals surface area contributed by atoms with E-state index in [2.05, 4.69) is 15.4 Å². The summed E-state index contributed by atoms with van der Waals surface area (Å²) in [6.45, 7) is 3.78. The number of nitrogens with zero attached hydrogens (tertiary/aromatic N) is 4. The third-order valence-corrected chi connectivity index (χ3v) is 4.57. The predicted octanol–water partition coefficient (Wildman–Crippen LogP) is 2.17. The van der Waals surface area contributed by atoms with Crippen LogP contribution in [0.5, 0.6) is 0 Å². The summed E-state index contributed by atoms with van der Waals surface area (Å²) in [6, 6.07) is 3.77. The van der Waals surface area contributed by atoms with Crippen LogP contribution in [-0.4, -0.2) is 52.5 Å². The maximum atomic E-state index is 12.6. The van der Waals surface area contributed by atoms with E-state index in [-0.39, 0.29) is 12.1 Å². The van der Waals surface area contributed by atoms with E-state index in [0.717, 1.165) is 30.8 Å². The van der Waals surface area contributed by atoms with Gasteiger partial charge in [0.05, 0.1) is 12.6 Å². The Morgan fingerprint density at radius 1 is 1.44 bits per heavy atom. The molecule has 3 rings (SSSR count). The Hall–Kier alpha value is -2.35. The summed E-state index contributed by atoms with van der Waals surface area (Å²) >= 11 is 0. The first-order valence-corrected chi connectivity index (χ1v) is 8.68. The van der Waals surface area contributed by atoms with Gasteiger partial charge in [0.2, 0.25) is 0 Å². The number of aryl methyl sites for hydroxylation is 1. The molecule has 2 amide bonds. The van der Waals surface area contributed by atoms with Gasteiger partial charge in [-0.3, -0.25) is 0 Å². The molecule has 1 aliphatic heterocycles. The van der Waals surface area contributed by atoms with Crippen molar-refractivity contribution >= 4 is 6.03 Å². The Kier molecular flexibility index (Phi) is 5.70. The van der Waals surface area contributed by atoms with E-state index < -0.39 is 0 Å². The summed E-state index contributed by atoms with van der Waals surface area (Å²) < 4.78 is 12.9. The number of ether oxygens (including phenoxy) is 1. The summed E-state index contributed by atoms with van der Waals surface area (Å²) in [6.07, 6.45) is 5.84. The Balaban J connectivity index is 1.56. The van der Waals surface area contributed by atoms with Crippen LogP contribution in [0, 0.1) is 0 Å². The number of piperidine rings is 1. The highest BCUT2D eigenvalue weighted by Crippen LogP contribution is 2.22. The van der Waals surface area contributed by atoms with Crippen LogP contribution < -0.4 is 5.32 Å². The van der Waals surface area contributed by atoms with Crippen LogP contribution in [0.15, 0.2) is 29.2 Å². The molecule has 1 aliphatic rings. The molecule has 2 aromatic heterocycles. The molecule has 1 unspecified atom stereocenters. The molecule has 1 N–H and O–H groups in total. The Bertz CT molecular complexity index is 662. The molecule has 136 valence electrons. The minimum atomic E-state index is -0.286. The third kappa shape index (κ3) is 4.19. The second-order valence-electron chi connectivity index (χ2n) is 6.21. The van der Waals surface area contributed by atoms with Gasteiger partial charge in [0, 0.05) is 26.6 Å². The molecule has 8 nitrogen and oxygen atoms in total. The molecule has 0 radical (unpaired) electrons. The van der Waals surface area contributed by atoms with Gasteiger partial charge in [-0.05, 0) is 25.0 Å². The van der Waals surface area contributed by atoms with Gasteiger partial charge in [-0.1, -0.05) is 6.92 Å². The smallest absolute Gasteiger partial charge is 0.318 e. The molecule has 25 heavy (non-hydrogen) atoms. The van der Waals surface area contributed by atoms with Gasteiger partial charge in [-0.2, -0.15) is 5.10 Å². The minimum Gasteiger partial charge on any atom is -0.464 e. The number of urea groups is 1. The molecule has 8 heteroatoms. The zero-order valence-electron chi connectivity index (χ0n) is 14.7. The molecular formula is C17H25N5O3. The first-order valence-electron chi connectivity index (χ1n) is 8.68. The van der Waals surface area contributed by atoms with Crippen molar-refractivity contribution in [1.29, 1.82) is 0 Å². The highest BCUT2D eigenvalue weighted by molar-refractivity contribution is 5.74. The summed E-state index contributed by atoms with van der Waals surface area (Å²) in [5.41, 5.74) is 0. The standard InChI is InChI=1S/C17H25N5O3/c1-3-14-4-5-16(25-14)15(10-24-2)20-17(23)21-8-6-13(7-9-21)22-12-18-11-19-22/h4-5,11-13,15H,3,6-10H2,1-2H3,(H,20,23). The van der Waals surface area contributed by atoms with E-state index in [1.165, 1.54) is 0 Å². The van der Waals surface area contributed by atoms with Crippen LogP contribution in [0.3, 0.4) is 0 Å². The van der Waals surface area contributed by atoms with Crippen molar-refractivity contribution < 1.29 is 13.9 Å². The molecule has 0 aromatic carbocycles. The fraction of sp³-hybridized carbons (Fsp3) is 0.588. The van der Waals surface area contributed by atoms with Crippen LogP contribution in [0.2, 0.25) is 0 Å². The van der Waals surface area contributed by atoms with Crippen LogP contribution in [0.25, 0.3) is 0 Å². The number of methoxy groups -OCH3 is 1. The molecular weight excluding hydrogens is 322 g/mol. The van der Waals surface area contributed by atoms with Crippen molar-refractivity contribution in [3.8, 4) is 0 Å². The monoisotopic (exact) mass is 347 g/mol. The average molecular weight is 347 g/mol. The normalized spacial score (nSPS) is 16.8. The van der Waals surface area contributed by atoms with Crippen molar-refractivity contribution in [2.75, 3.05) is 26.8 Å². The number of furan rings is 1. The van der Waals surface area contributed by atoms with Gasteiger partial charge in [-0.25, -0.2) is 14.5 Å². The maximum Gasteiger partial charge on any atom is 0.318 e. The number of likely N-dealkylation sites (tertiary alicyclic amines) is 1. The van der Waals surface area contributed by atoms with Crippen molar-refractivity contribution in [1.82, 2.24) is 25.0 Å². The number of amides is 2. The molecule has 0 spiro atoms. The summed E-state index contributed by atoms with van der Waals surface area (Å²) in [5, 5.41) is 7.21. The highest BCUT2D eigenvalue weighted by atomic mass is 16.5. The highest BCUT2D eigenvalue weighted by Gasteiger charge is 2.26. The van der Waals surface area contributed by atoms with E-state index in [1.807, 2.05) is 28.6 Å². The van der Waals surface area contributed by atoms with Gasteiger partial charge in [0.15, 0.2) is 0 Å². The van der Waals surface area contributed by atoms with E-state index in [9.17, 15) is 4.79 Å². The lowest BCUT2D eigenvalue weighted by atomic mass is 10.1. The van der Waals surface area contributed by atoms with E-state index in [4.69, 9.17) is 9.15 Å². The van der Waals surface area contributed by atoms with Crippen LogP contribution >= 0.6 is 0 Å². The lowest BCUT2D eigenvalue weighted by Gasteiger charge is -2.32. The zero-order chi connectivity index (χ0) is 17.6. The molecule has 0 aliphatic carbocycles. The fourth-order valence-corrected chi connectivity index (χ4v) is 3.11. The number of aromatic nitrogens is 3. The number of carbonyl (C=O) groups excluding carboxylic acids is 1. The quantitative estimate of drug-likeness (QED) is 0.865. The first kappa shape index (κ1) is 17.5. The molecule has 0 saturated carbocycles. The third-order valence-electron chi connectivity index (χ3n) is 4.57. The Labute approximate surface area is 147 Å². The number of hydrogen-bond acceptors (Lipinski definition) is 5. The van der Waals surface area contributed by atoms with Gasteiger partial charge in [-0.15, -0.1) is 0 Å². The topological polar surface area (TPSA) is 85.4 Å². The van der Waals surface area contributed by atoms with Crippen molar-refractivity contribution in [3.63, 3.8) is 0 Å². The predicted molar refractivity (Wildman–Crippen MR) is 91.1 cm³/mol. The van der Waals surface area contributed by atoms with Crippen molar-refractivity contribution in [2.24, 2.45) is 0 Å². The van der Waals surface area contributed by atoms with Crippen LogP contribution in [0.4, 0.5) is 4.79 Å². The van der Waals surface area contributed by atoms with Crippen LogP contribution in [0.1, 0.15) is 43.4 Å². The Morgan fingerprint density at radius 2 is 2.24 bits per heavy atom. The number of hydrogen-bond donors (Lipinski definition) is 1. The van der Waals surface area contributed by atoms with E-state index in [0.29, 0.717) is 25.7 Å². The fourth-order valence-electron chi connectivity index (χ4n) is 3.11. The average Bonchev–Trinajstić information content (AvgIpc) is 3.33. The molecule has 1 fully saturated rings. The summed E-state index contributed by atoms with van der Waals surface area (Å²) in [4.78, 5) is 18.4. The van der Waals surface area contributed by atoms with Gasteiger partial charge < -0.3 is 19.4 Å². The van der Waals surface area contributed by atoms with Crippen LogP contribution in [-0.2, 0) is 11.2 Å². The summed E-state index contributed by atoms with van der Waals surface area (Å²) in [7, 11) is 1.62. The minimum absolute atomic E-state index is 0.0893. The number of rotatable bonds is 6. The van der Waals surface area contributed by atoms with Gasteiger partial charge in [0.1, 0.15) is 30.2 Å². The summed E-state index contributed by atoms with van der Waals surface area (Å²) in [5.74, 6) is 1.63. The van der Waals surface area contributed by atoms with E-state index >= 15 is 0 Å². The maximum absolute atomic E-state index is 12.6. The first-order chi connectivity index (χ1) is 12.2. The van der Waals surface area contributed by atoms with Gasteiger partial charge in [0.25, 0.3) is 0 Å². The molecule has 1 saturated heterocycles. The van der Waals surface area contributed by atoms with Crippen molar-refractivity contribution in [2.45, 2.75) is 38.3 Å². The second kappa shape index (κ2) is 8.15.